The first-order valence-corrected chi connectivity index (χ1v) is 9.56. The van der Waals surface area contributed by atoms with Crippen LogP contribution in [0.2, 0.25) is 5.02 Å². The van der Waals surface area contributed by atoms with Gasteiger partial charge in [-0.2, -0.15) is 0 Å². The highest BCUT2D eigenvalue weighted by Gasteiger charge is 2.18. The predicted molar refractivity (Wildman–Crippen MR) is 93.4 cm³/mol. The second-order valence-electron chi connectivity index (χ2n) is 4.07. The van der Waals surface area contributed by atoms with Crippen LogP contribution in [0.5, 0.6) is 0 Å². The van der Waals surface area contributed by atoms with Gasteiger partial charge in [-0.05, 0) is 34.1 Å². The molecule has 0 radical (unpaired) electrons. The van der Waals surface area contributed by atoms with Crippen LogP contribution in [0.3, 0.4) is 0 Å². The first kappa shape index (κ1) is 16.9. The molecule has 2 rings (SSSR count). The number of thiocarbonyl (C=S) groups is 1. The molecule has 3 N–H and O–H groups in total. The maximum atomic E-state index is 12.2. The quantitative estimate of drug-likeness (QED) is 0.721. The molecule has 0 saturated carbocycles. The van der Waals surface area contributed by atoms with E-state index in [1.165, 1.54) is 29.5 Å². The van der Waals surface area contributed by atoms with Crippen molar-refractivity contribution < 1.29 is 8.42 Å². The van der Waals surface area contributed by atoms with E-state index in [1.54, 1.807) is 0 Å². The molecule has 1 aromatic heterocycles. The molecule has 0 bridgehead atoms. The molecule has 4 nitrogen and oxygen atoms in total. The van der Waals surface area contributed by atoms with Crippen molar-refractivity contribution >= 4 is 66.1 Å². The van der Waals surface area contributed by atoms with E-state index >= 15 is 0 Å². The minimum atomic E-state index is -3.70. The zero-order valence-electron chi connectivity index (χ0n) is 10.5. The molecule has 0 spiro atoms. The van der Waals surface area contributed by atoms with Crippen molar-refractivity contribution in [2.45, 2.75) is 11.4 Å². The lowest BCUT2D eigenvalue weighted by atomic mass is 10.2. The summed E-state index contributed by atoms with van der Waals surface area (Å²) in [7, 11) is -3.70. The highest BCUT2D eigenvalue weighted by atomic mass is 79.9. The number of nitrogens with one attached hydrogen (secondary N) is 1. The summed E-state index contributed by atoms with van der Waals surface area (Å²) in [5, 5.41) is 1.97. The van der Waals surface area contributed by atoms with Gasteiger partial charge >= 0.3 is 0 Å². The van der Waals surface area contributed by atoms with Crippen molar-refractivity contribution in [3.05, 3.63) is 49.6 Å². The van der Waals surface area contributed by atoms with Gasteiger partial charge in [-0.3, -0.25) is 0 Å². The van der Waals surface area contributed by atoms with Gasteiger partial charge in [0, 0.05) is 26.8 Å². The fourth-order valence-corrected chi connectivity index (χ4v) is 4.72. The number of thiophene rings is 1. The summed E-state index contributed by atoms with van der Waals surface area (Å²) in [5.41, 5.74) is 6.01. The molecule has 0 fully saturated rings. The van der Waals surface area contributed by atoms with Gasteiger partial charge in [0.1, 0.15) is 9.88 Å². The number of benzene rings is 1. The first-order valence-electron chi connectivity index (χ1n) is 5.61. The standard InChI is InChI=1S/C12H10BrClN2O2S3/c13-8-4-9(20-6-8)5-16-21(17,18)11-2-1-7(12(15)19)3-10(11)14/h1-4,6,16H,5H2,(H2,15,19). The largest absolute Gasteiger partial charge is 0.389 e. The molecule has 0 unspecified atom stereocenters. The van der Waals surface area contributed by atoms with E-state index in [4.69, 9.17) is 29.6 Å². The molecule has 0 saturated heterocycles. The third-order valence-electron chi connectivity index (χ3n) is 2.56. The normalized spacial score (nSPS) is 11.5. The van der Waals surface area contributed by atoms with Crippen LogP contribution in [0.4, 0.5) is 0 Å². The van der Waals surface area contributed by atoms with Crippen molar-refractivity contribution in [3.8, 4) is 0 Å². The van der Waals surface area contributed by atoms with E-state index in [2.05, 4.69) is 20.7 Å². The summed E-state index contributed by atoms with van der Waals surface area (Å²) in [4.78, 5) is 1.05. The van der Waals surface area contributed by atoms with Crippen molar-refractivity contribution in [2.75, 3.05) is 0 Å². The summed E-state index contributed by atoms with van der Waals surface area (Å²) >= 11 is 15.6. The van der Waals surface area contributed by atoms with Crippen LogP contribution in [0.25, 0.3) is 0 Å². The van der Waals surface area contributed by atoms with E-state index < -0.39 is 10.0 Å². The molecule has 112 valence electrons. The second kappa shape index (κ2) is 6.72. The van der Waals surface area contributed by atoms with Gasteiger partial charge in [0.25, 0.3) is 0 Å². The summed E-state index contributed by atoms with van der Waals surface area (Å²) in [6.07, 6.45) is 0. The van der Waals surface area contributed by atoms with Gasteiger partial charge in [-0.25, -0.2) is 13.1 Å². The molecule has 0 aliphatic carbocycles. The van der Waals surface area contributed by atoms with Gasteiger partial charge < -0.3 is 5.73 Å². The van der Waals surface area contributed by atoms with E-state index in [-0.39, 0.29) is 21.5 Å². The first-order chi connectivity index (χ1) is 9.79. The summed E-state index contributed by atoms with van der Waals surface area (Å²) in [6.45, 7) is 0.200. The topological polar surface area (TPSA) is 72.2 Å². The highest BCUT2D eigenvalue weighted by molar-refractivity contribution is 9.10. The molecule has 21 heavy (non-hydrogen) atoms. The Labute approximate surface area is 145 Å². The fraction of sp³-hybridized carbons (Fsp3) is 0.0833. The maximum Gasteiger partial charge on any atom is 0.242 e. The van der Waals surface area contributed by atoms with E-state index in [1.807, 2.05) is 11.4 Å². The average molecular weight is 426 g/mol. The number of nitrogens with two attached hydrogens (primary N) is 1. The fourth-order valence-electron chi connectivity index (χ4n) is 1.56. The Morgan fingerprint density at radius 3 is 2.67 bits per heavy atom. The third-order valence-corrected chi connectivity index (χ3v) is 6.38. The Bertz CT molecular complexity index is 790. The zero-order valence-corrected chi connectivity index (χ0v) is 15.3. The monoisotopic (exact) mass is 424 g/mol. The van der Waals surface area contributed by atoms with Crippen LogP contribution >= 0.6 is 51.1 Å². The third kappa shape index (κ3) is 4.24. The van der Waals surface area contributed by atoms with E-state index in [0.29, 0.717) is 5.56 Å². The predicted octanol–water partition coefficient (Wildman–Crippen LogP) is 3.28. The van der Waals surface area contributed by atoms with Gasteiger partial charge in [0.2, 0.25) is 10.0 Å². The molecule has 9 heteroatoms. The second-order valence-corrected chi connectivity index (χ2v) is 8.56. The lowest BCUT2D eigenvalue weighted by Gasteiger charge is -2.08. The molecular weight excluding hydrogens is 416 g/mol. The van der Waals surface area contributed by atoms with Gasteiger partial charge in [-0.1, -0.05) is 29.9 Å². The Kier molecular flexibility index (Phi) is 5.39. The summed E-state index contributed by atoms with van der Waals surface area (Å²) in [5.74, 6) is 0. The van der Waals surface area contributed by atoms with Crippen molar-refractivity contribution in [1.82, 2.24) is 4.72 Å². The Morgan fingerprint density at radius 2 is 2.14 bits per heavy atom. The Hall–Kier alpha value is -0.510. The molecule has 0 aliphatic heterocycles. The smallest absolute Gasteiger partial charge is 0.242 e. The lowest BCUT2D eigenvalue weighted by molar-refractivity contribution is 0.582. The molecule has 0 aliphatic rings. The summed E-state index contributed by atoms with van der Waals surface area (Å²) < 4.78 is 27.9. The number of sulfonamides is 1. The highest BCUT2D eigenvalue weighted by Crippen LogP contribution is 2.24. The van der Waals surface area contributed by atoms with E-state index in [9.17, 15) is 8.42 Å². The van der Waals surface area contributed by atoms with Crippen LogP contribution in [-0.2, 0) is 16.6 Å². The zero-order chi connectivity index (χ0) is 15.6. The minimum absolute atomic E-state index is 0.000196. The van der Waals surface area contributed by atoms with Gasteiger partial charge in [0.15, 0.2) is 0 Å². The molecule has 0 atom stereocenters. The summed E-state index contributed by atoms with van der Waals surface area (Å²) in [6, 6.07) is 6.22. The van der Waals surface area contributed by atoms with E-state index in [0.717, 1.165) is 9.35 Å². The molecule has 1 heterocycles. The van der Waals surface area contributed by atoms with Crippen LogP contribution in [-0.4, -0.2) is 13.4 Å². The number of hydrogen-bond donors (Lipinski definition) is 2. The van der Waals surface area contributed by atoms with Crippen LogP contribution < -0.4 is 10.5 Å². The minimum Gasteiger partial charge on any atom is -0.389 e. The van der Waals surface area contributed by atoms with Crippen molar-refractivity contribution in [3.63, 3.8) is 0 Å². The molecule has 0 amide bonds. The molecular formula is C12H10BrClN2O2S3. The average Bonchev–Trinajstić information content (AvgIpc) is 2.82. The van der Waals surface area contributed by atoms with Crippen LogP contribution in [0.1, 0.15) is 10.4 Å². The van der Waals surface area contributed by atoms with Crippen LogP contribution in [0, 0.1) is 0 Å². The van der Waals surface area contributed by atoms with Gasteiger partial charge in [0.05, 0.1) is 5.02 Å². The number of rotatable bonds is 5. The number of halogens is 2. The maximum absolute atomic E-state index is 12.2. The number of hydrogen-bond acceptors (Lipinski definition) is 4. The van der Waals surface area contributed by atoms with Gasteiger partial charge in [-0.15, -0.1) is 11.3 Å². The molecule has 2 aromatic rings. The van der Waals surface area contributed by atoms with Crippen LogP contribution in [0.15, 0.2) is 39.0 Å². The SMILES string of the molecule is NC(=S)c1ccc(S(=O)(=O)NCc2cc(Br)cs2)c(Cl)c1. The Morgan fingerprint density at radius 1 is 1.43 bits per heavy atom. The van der Waals surface area contributed by atoms with Crippen molar-refractivity contribution in [1.29, 1.82) is 0 Å². The Balaban J connectivity index is 2.21. The molecule has 1 aromatic carbocycles. The lowest BCUT2D eigenvalue weighted by Crippen LogP contribution is -2.23. The van der Waals surface area contributed by atoms with Crippen molar-refractivity contribution in [2.24, 2.45) is 5.73 Å².